The number of likely N-dealkylation sites (tertiary alicyclic amines) is 2. The molecule has 7 rings (SSSR count). The minimum Gasteiger partial charge on any atom is -0.453 e. The van der Waals surface area contributed by atoms with Crippen LogP contribution in [0.4, 0.5) is 22.8 Å². The number of imidazole rings is 2. The van der Waals surface area contributed by atoms with Crippen molar-refractivity contribution in [2.75, 3.05) is 20.2 Å². The number of hydrogen-bond donors (Lipinski definition) is 4. The third-order valence-electron chi connectivity index (χ3n) is 12.3. The van der Waals surface area contributed by atoms with E-state index < -0.39 is 36.1 Å². The number of rotatable bonds is 14. The predicted molar refractivity (Wildman–Crippen MR) is 236 cm³/mol. The molecule has 0 bridgehead atoms. The highest BCUT2D eigenvalue weighted by Crippen LogP contribution is 2.37. The fraction of sp³-hybridized carbons (Fsp3) is 0.417. The number of halogens is 3. The number of primary amides is 1. The molecule has 5 atom stereocenters. The Bertz CT molecular complexity index is 2450. The van der Waals surface area contributed by atoms with Gasteiger partial charge in [0.2, 0.25) is 5.91 Å². The molecule has 3 aromatic carbocycles. The zero-order chi connectivity index (χ0) is 46.6. The Morgan fingerprint density at radius 3 is 1.71 bits per heavy atom. The molecular formula is C48H55F3N8O6. The molecule has 2 aliphatic rings. The summed E-state index contributed by atoms with van der Waals surface area (Å²) < 4.78 is 50.8. The number of aromatic nitrogens is 4. The van der Waals surface area contributed by atoms with Crippen molar-refractivity contribution in [1.82, 2.24) is 35.1 Å². The third-order valence-corrected chi connectivity index (χ3v) is 12.3. The first-order valence-corrected chi connectivity index (χ1v) is 21.9. The highest BCUT2D eigenvalue weighted by atomic mass is 19.4. The molecule has 4 heterocycles. The number of carbonyl (C=O) groups is 4. The van der Waals surface area contributed by atoms with Crippen LogP contribution in [0.1, 0.15) is 105 Å². The van der Waals surface area contributed by atoms with Gasteiger partial charge in [-0.05, 0) is 83.9 Å². The van der Waals surface area contributed by atoms with Crippen molar-refractivity contribution < 1.29 is 41.8 Å². The fourth-order valence-corrected chi connectivity index (χ4v) is 8.86. The molecule has 65 heavy (non-hydrogen) atoms. The Morgan fingerprint density at radius 2 is 1.25 bits per heavy atom. The van der Waals surface area contributed by atoms with Crippen LogP contribution in [-0.4, -0.2) is 86.1 Å². The summed E-state index contributed by atoms with van der Waals surface area (Å²) in [6.07, 6.45) is -0.274. The lowest BCUT2D eigenvalue weighted by atomic mass is 9.85. The summed E-state index contributed by atoms with van der Waals surface area (Å²) in [5, 5.41) is 2.67. The second-order valence-corrected chi connectivity index (χ2v) is 17.4. The van der Waals surface area contributed by atoms with Gasteiger partial charge in [0, 0.05) is 19.0 Å². The number of amides is 4. The third kappa shape index (κ3) is 10.5. The monoisotopic (exact) mass is 896 g/mol. The Kier molecular flexibility index (Phi) is 14.0. The maximum atomic E-state index is 13.7. The van der Waals surface area contributed by atoms with Crippen molar-refractivity contribution in [2.45, 2.75) is 96.1 Å². The molecule has 0 aliphatic carbocycles. The normalized spacial score (nSPS) is 17.9. The molecule has 5 N–H and O–H groups in total. The molecule has 2 aliphatic heterocycles. The average Bonchev–Trinajstić information content (AvgIpc) is 4.13. The second kappa shape index (κ2) is 19.6. The molecule has 2 saturated heterocycles. The number of carbonyl (C=O) groups excluding carboxylic acids is 4. The van der Waals surface area contributed by atoms with E-state index in [4.69, 9.17) is 15.2 Å². The van der Waals surface area contributed by atoms with Crippen LogP contribution in [0.2, 0.25) is 0 Å². The molecule has 0 saturated carbocycles. The van der Waals surface area contributed by atoms with E-state index in [-0.39, 0.29) is 41.7 Å². The van der Waals surface area contributed by atoms with Crippen molar-refractivity contribution in [1.29, 1.82) is 0 Å². The highest BCUT2D eigenvalue weighted by Gasteiger charge is 2.39. The van der Waals surface area contributed by atoms with Gasteiger partial charge in [0.1, 0.15) is 17.7 Å². The lowest BCUT2D eigenvalue weighted by Crippen LogP contribution is -2.51. The van der Waals surface area contributed by atoms with Crippen molar-refractivity contribution in [2.24, 2.45) is 17.6 Å². The van der Waals surface area contributed by atoms with Gasteiger partial charge in [-0.2, -0.15) is 13.2 Å². The van der Waals surface area contributed by atoms with E-state index in [0.717, 1.165) is 64.2 Å². The van der Waals surface area contributed by atoms with Gasteiger partial charge < -0.3 is 40.3 Å². The second-order valence-electron chi connectivity index (χ2n) is 17.4. The van der Waals surface area contributed by atoms with Gasteiger partial charge in [0.25, 0.3) is 5.91 Å². The molecule has 0 radical (unpaired) electrons. The maximum absolute atomic E-state index is 13.7. The lowest BCUT2D eigenvalue weighted by molar-refractivity contribution is -0.143. The minimum atomic E-state index is -4.47. The standard InChI is InChI=1S/C48H55F3N8O6/c1-27(2)40(57-47(63)64-5)44(60)58-22-6-8-38(58)42-53-26-37(56-42)33-16-14-30(15-17-33)35(31-18-20-34(21-19-31)48(49,50)51)24-29-10-12-32(13-11-29)36-25-54-43(55-36)39-9-7-23-59(39)45(61)41(28(3)4)65-46(52)62/h10-21,25-28,35,38-41H,6-9,22-24H2,1-5H3,(H2,52,62)(H,53,56)(H,54,55)(H,57,63)/t35?,38-,39-,40-,41-/m0/s1. The number of benzene rings is 3. The molecule has 4 amide bonds. The molecule has 344 valence electrons. The fourth-order valence-electron chi connectivity index (χ4n) is 8.86. The van der Waals surface area contributed by atoms with Crippen LogP contribution in [0.25, 0.3) is 22.5 Å². The minimum absolute atomic E-state index is 0.165. The average molecular weight is 897 g/mol. The number of nitrogens with two attached hydrogens (primary N) is 1. The summed E-state index contributed by atoms with van der Waals surface area (Å²) in [7, 11) is 1.26. The SMILES string of the molecule is COC(=O)N[C@H](C(=O)N1CCC[C@H]1c1ncc(-c2ccc(C(Cc3ccc(-c4cnc([C@@H]5CCCN5C(=O)[C@@H](OC(N)=O)C(C)C)[nH]4)cc3)c3ccc(C(F)(F)F)cc3)cc2)[nH]1)C(C)C. The van der Waals surface area contributed by atoms with E-state index in [1.807, 2.05) is 62.4 Å². The largest absolute Gasteiger partial charge is 0.453 e. The topological polar surface area (TPSA) is 189 Å². The molecule has 5 aromatic rings. The van der Waals surface area contributed by atoms with Crippen LogP contribution >= 0.6 is 0 Å². The van der Waals surface area contributed by atoms with Crippen LogP contribution in [0.3, 0.4) is 0 Å². The van der Waals surface area contributed by atoms with Crippen molar-refractivity contribution in [3.05, 3.63) is 119 Å². The van der Waals surface area contributed by atoms with E-state index in [9.17, 15) is 32.3 Å². The van der Waals surface area contributed by atoms with E-state index in [1.54, 1.807) is 36.0 Å². The maximum Gasteiger partial charge on any atom is 0.416 e. The van der Waals surface area contributed by atoms with Gasteiger partial charge >= 0.3 is 18.4 Å². The van der Waals surface area contributed by atoms with Gasteiger partial charge in [-0.1, -0.05) is 88.4 Å². The molecule has 0 spiro atoms. The molecule has 2 aromatic heterocycles. The van der Waals surface area contributed by atoms with Crippen LogP contribution < -0.4 is 11.1 Å². The van der Waals surface area contributed by atoms with Crippen LogP contribution in [0.15, 0.2) is 85.2 Å². The molecule has 1 unspecified atom stereocenters. The Balaban J connectivity index is 1.09. The predicted octanol–water partition coefficient (Wildman–Crippen LogP) is 8.69. The molecule has 2 fully saturated rings. The van der Waals surface area contributed by atoms with Gasteiger partial charge in [0.15, 0.2) is 6.10 Å². The zero-order valence-corrected chi connectivity index (χ0v) is 37.0. The highest BCUT2D eigenvalue weighted by molar-refractivity contribution is 5.86. The Morgan fingerprint density at radius 1 is 0.754 bits per heavy atom. The first kappa shape index (κ1) is 46.3. The number of methoxy groups -OCH3 is 1. The first-order valence-electron chi connectivity index (χ1n) is 21.9. The van der Waals surface area contributed by atoms with Gasteiger partial charge in [-0.3, -0.25) is 9.59 Å². The van der Waals surface area contributed by atoms with Crippen molar-refractivity contribution in [3.8, 4) is 22.5 Å². The van der Waals surface area contributed by atoms with Gasteiger partial charge in [-0.25, -0.2) is 19.6 Å². The van der Waals surface area contributed by atoms with Gasteiger partial charge in [-0.15, -0.1) is 0 Å². The lowest BCUT2D eigenvalue weighted by Gasteiger charge is -2.30. The molecular weight excluding hydrogens is 842 g/mol. The smallest absolute Gasteiger partial charge is 0.416 e. The number of ether oxygens (including phenoxy) is 2. The Labute approximate surface area is 375 Å². The number of hydrogen-bond acceptors (Lipinski definition) is 8. The van der Waals surface area contributed by atoms with Gasteiger partial charge in [0.05, 0.1) is 48.5 Å². The summed E-state index contributed by atoms with van der Waals surface area (Å²) in [5.41, 5.74) is 10.3. The van der Waals surface area contributed by atoms with E-state index in [0.29, 0.717) is 44.0 Å². The van der Waals surface area contributed by atoms with E-state index in [2.05, 4.69) is 25.3 Å². The van der Waals surface area contributed by atoms with E-state index in [1.165, 1.54) is 19.2 Å². The molecule has 17 heteroatoms. The van der Waals surface area contributed by atoms with Crippen LogP contribution in [0.5, 0.6) is 0 Å². The zero-order valence-electron chi connectivity index (χ0n) is 37.0. The number of H-pyrrole nitrogens is 2. The summed E-state index contributed by atoms with van der Waals surface area (Å²) >= 11 is 0. The first-order chi connectivity index (χ1) is 31.0. The summed E-state index contributed by atoms with van der Waals surface area (Å²) in [6.45, 7) is 8.33. The molecule has 14 nitrogen and oxygen atoms in total. The quantitative estimate of drug-likeness (QED) is 0.0852. The Hall–Kier alpha value is -6.65. The van der Waals surface area contributed by atoms with Crippen LogP contribution in [-0.2, 0) is 31.7 Å². The number of alkyl carbamates (subject to hydrolysis) is 1. The number of alkyl halides is 3. The number of aromatic amines is 2. The summed E-state index contributed by atoms with van der Waals surface area (Å²) in [6, 6.07) is 19.6. The van der Waals surface area contributed by atoms with Crippen LogP contribution in [0, 0.1) is 11.8 Å². The van der Waals surface area contributed by atoms with Crippen molar-refractivity contribution >= 4 is 24.0 Å². The van der Waals surface area contributed by atoms with Crippen molar-refractivity contribution in [3.63, 3.8) is 0 Å². The number of nitrogens with one attached hydrogen (secondary N) is 3. The summed E-state index contributed by atoms with van der Waals surface area (Å²) in [4.78, 5) is 70.2. The number of nitrogens with zero attached hydrogens (tertiary/aromatic N) is 4. The summed E-state index contributed by atoms with van der Waals surface area (Å²) in [5.74, 6) is 0.00930. The van der Waals surface area contributed by atoms with E-state index >= 15 is 0 Å².